The van der Waals surface area contributed by atoms with Crippen molar-refractivity contribution in [3.8, 4) is 5.75 Å². The van der Waals surface area contributed by atoms with Crippen LogP contribution in [0.1, 0.15) is 11.5 Å². The number of ether oxygens (including phenoxy) is 1. The maximum atomic E-state index is 12.2. The predicted octanol–water partition coefficient (Wildman–Crippen LogP) is 4.19. The Kier molecular flexibility index (Phi) is 4.79. The van der Waals surface area contributed by atoms with Gasteiger partial charge in [-0.2, -0.15) is 0 Å². The summed E-state index contributed by atoms with van der Waals surface area (Å²) in [6.07, 6.45) is 1.72. The molecule has 0 bridgehead atoms. The van der Waals surface area contributed by atoms with Crippen molar-refractivity contribution in [2.45, 2.75) is 12.0 Å². The molecule has 2 heterocycles. The molecule has 3 atom stereocenters. The Morgan fingerprint density at radius 2 is 1.96 bits per heavy atom. The molecule has 1 aliphatic carbocycles. The minimum atomic E-state index is -0.217. The van der Waals surface area contributed by atoms with E-state index in [-0.39, 0.29) is 12.1 Å². The van der Waals surface area contributed by atoms with E-state index in [9.17, 15) is 4.79 Å². The maximum absolute atomic E-state index is 12.2. The summed E-state index contributed by atoms with van der Waals surface area (Å²) in [5.41, 5.74) is 1.23. The first-order valence-electron chi connectivity index (χ1n) is 7.34. The molecule has 124 valence electrons. The molecule has 1 fully saturated rings. The number of halogens is 3. The van der Waals surface area contributed by atoms with Crippen molar-refractivity contribution in [2.75, 3.05) is 11.9 Å². The van der Waals surface area contributed by atoms with Gasteiger partial charge in [-0.15, -0.1) is 0 Å². The number of hydrogen-bond donors (Lipinski definition) is 2. The van der Waals surface area contributed by atoms with Crippen LogP contribution in [-0.2, 0) is 0 Å². The number of pyridine rings is 1. The molecule has 0 unspecified atom stereocenters. The highest BCUT2D eigenvalue weighted by molar-refractivity contribution is 14.1. The molecule has 1 saturated carbocycles. The summed E-state index contributed by atoms with van der Waals surface area (Å²) in [5, 5.41) is 5.86. The van der Waals surface area contributed by atoms with Crippen molar-refractivity contribution >= 4 is 79.6 Å². The molecule has 24 heavy (non-hydrogen) atoms. The molecule has 1 aromatic carbocycles. The first kappa shape index (κ1) is 17.1. The fraction of sp³-hybridized carbons (Fsp3) is 0.250. The SMILES string of the molecule is O=C(Nc1ccc(I)cn1)N[C@@H]1[C@@H]2COc3c(I)ccc(I)c3[C@@H]21. The molecule has 2 N–H and O–H groups in total. The van der Waals surface area contributed by atoms with Gasteiger partial charge in [0, 0.05) is 36.8 Å². The van der Waals surface area contributed by atoms with Crippen molar-refractivity contribution in [3.05, 3.63) is 46.7 Å². The lowest BCUT2D eigenvalue weighted by Gasteiger charge is -2.18. The van der Waals surface area contributed by atoms with Crippen LogP contribution in [0.5, 0.6) is 5.75 Å². The lowest BCUT2D eigenvalue weighted by molar-refractivity contribution is 0.249. The molecule has 4 rings (SSSR count). The van der Waals surface area contributed by atoms with Crippen LogP contribution >= 0.6 is 67.8 Å². The predicted molar refractivity (Wildman–Crippen MR) is 116 cm³/mol. The van der Waals surface area contributed by atoms with Crippen LogP contribution in [0, 0.1) is 16.6 Å². The molecule has 5 nitrogen and oxygen atoms in total. The Morgan fingerprint density at radius 1 is 1.17 bits per heavy atom. The number of anilines is 1. The zero-order chi connectivity index (χ0) is 16.8. The first-order chi connectivity index (χ1) is 11.5. The molecule has 8 heteroatoms. The lowest BCUT2D eigenvalue weighted by Crippen LogP contribution is -2.32. The van der Waals surface area contributed by atoms with E-state index < -0.39 is 0 Å². The molecule has 1 aliphatic heterocycles. The average molecular weight is 659 g/mol. The van der Waals surface area contributed by atoms with Crippen molar-refractivity contribution in [1.82, 2.24) is 10.3 Å². The molecule has 0 radical (unpaired) electrons. The Morgan fingerprint density at radius 3 is 2.71 bits per heavy atom. The van der Waals surface area contributed by atoms with E-state index in [1.54, 1.807) is 12.3 Å². The molecule has 1 aromatic heterocycles. The van der Waals surface area contributed by atoms with E-state index in [1.165, 1.54) is 9.13 Å². The Labute approximate surface area is 180 Å². The number of aromatic nitrogens is 1. The van der Waals surface area contributed by atoms with Gasteiger partial charge in [-0.1, -0.05) is 0 Å². The van der Waals surface area contributed by atoms with Crippen LogP contribution in [0.15, 0.2) is 30.5 Å². The van der Waals surface area contributed by atoms with Crippen LogP contribution in [0.2, 0.25) is 0 Å². The van der Waals surface area contributed by atoms with E-state index in [1.807, 2.05) is 6.07 Å². The highest BCUT2D eigenvalue weighted by atomic mass is 127. The number of carbonyl (C=O) groups excluding carboxylic acids is 1. The number of fused-ring (bicyclic) bond motifs is 3. The number of hydrogen-bond acceptors (Lipinski definition) is 3. The van der Waals surface area contributed by atoms with Gasteiger partial charge in [0.15, 0.2) is 0 Å². The number of nitrogens with zero attached hydrogens (tertiary/aromatic N) is 1. The van der Waals surface area contributed by atoms with Gasteiger partial charge >= 0.3 is 6.03 Å². The van der Waals surface area contributed by atoms with E-state index in [0.29, 0.717) is 24.3 Å². The van der Waals surface area contributed by atoms with Gasteiger partial charge in [-0.05, 0) is 92.0 Å². The Hall–Kier alpha value is -0.370. The minimum absolute atomic E-state index is 0.113. The summed E-state index contributed by atoms with van der Waals surface area (Å²) < 4.78 is 9.29. The third-order valence-electron chi connectivity index (χ3n) is 4.28. The van der Waals surface area contributed by atoms with Crippen LogP contribution in [0.3, 0.4) is 0 Å². The van der Waals surface area contributed by atoms with Gasteiger partial charge in [0.2, 0.25) is 0 Å². The fourth-order valence-corrected chi connectivity index (χ4v) is 4.84. The molecular formula is C16H12I3N3O2. The van der Waals surface area contributed by atoms with E-state index in [2.05, 4.69) is 95.5 Å². The third-order valence-corrected chi connectivity index (χ3v) is 6.71. The number of urea groups is 1. The zero-order valence-corrected chi connectivity index (χ0v) is 18.7. The summed E-state index contributed by atoms with van der Waals surface area (Å²) in [6, 6.07) is 7.78. The van der Waals surface area contributed by atoms with Gasteiger partial charge in [0.1, 0.15) is 11.6 Å². The van der Waals surface area contributed by atoms with E-state index in [4.69, 9.17) is 4.74 Å². The molecule has 0 saturated heterocycles. The van der Waals surface area contributed by atoms with Crippen LogP contribution in [-0.4, -0.2) is 23.7 Å². The first-order valence-corrected chi connectivity index (χ1v) is 10.6. The van der Waals surface area contributed by atoms with Crippen molar-refractivity contribution in [1.29, 1.82) is 0 Å². The average Bonchev–Trinajstić information content (AvgIpc) is 3.26. The number of carbonyl (C=O) groups is 1. The summed E-state index contributed by atoms with van der Waals surface area (Å²) in [4.78, 5) is 16.4. The molecular weight excluding hydrogens is 647 g/mol. The molecule has 2 aliphatic rings. The monoisotopic (exact) mass is 659 g/mol. The van der Waals surface area contributed by atoms with E-state index in [0.717, 1.165) is 12.9 Å². The minimum Gasteiger partial charge on any atom is -0.492 e. The van der Waals surface area contributed by atoms with Crippen LogP contribution in [0.25, 0.3) is 0 Å². The van der Waals surface area contributed by atoms with Crippen LogP contribution < -0.4 is 15.4 Å². The number of nitrogens with one attached hydrogen (secondary N) is 2. The maximum Gasteiger partial charge on any atom is 0.320 e. The number of rotatable bonds is 2. The fourth-order valence-electron chi connectivity index (χ4n) is 3.11. The van der Waals surface area contributed by atoms with Crippen molar-refractivity contribution in [3.63, 3.8) is 0 Å². The van der Waals surface area contributed by atoms with Gasteiger partial charge in [-0.3, -0.25) is 5.32 Å². The second-order valence-corrected chi connectivity index (χ2v) is 9.33. The Balaban J connectivity index is 1.47. The van der Waals surface area contributed by atoms with Crippen LogP contribution in [0.4, 0.5) is 10.6 Å². The van der Waals surface area contributed by atoms with E-state index >= 15 is 0 Å². The van der Waals surface area contributed by atoms with Gasteiger partial charge < -0.3 is 10.1 Å². The second-order valence-electron chi connectivity index (χ2n) is 5.76. The highest BCUT2D eigenvalue weighted by Gasteiger charge is 2.56. The van der Waals surface area contributed by atoms with Crippen molar-refractivity contribution < 1.29 is 9.53 Å². The normalized spacial score (nSPS) is 23.5. The third kappa shape index (κ3) is 3.20. The van der Waals surface area contributed by atoms with Crippen molar-refractivity contribution in [2.24, 2.45) is 5.92 Å². The smallest absolute Gasteiger partial charge is 0.320 e. The Bertz CT molecular complexity index is 813. The molecule has 2 amide bonds. The highest BCUT2D eigenvalue weighted by Crippen LogP contribution is 2.56. The molecule has 0 spiro atoms. The summed E-state index contributed by atoms with van der Waals surface area (Å²) in [5.74, 6) is 2.22. The molecule has 2 aromatic rings. The summed E-state index contributed by atoms with van der Waals surface area (Å²) >= 11 is 6.83. The van der Waals surface area contributed by atoms with Gasteiger partial charge in [0.25, 0.3) is 0 Å². The number of benzene rings is 1. The second kappa shape index (κ2) is 6.74. The lowest BCUT2D eigenvalue weighted by atomic mass is 10.1. The summed E-state index contributed by atoms with van der Waals surface area (Å²) in [6.45, 7) is 0.653. The van der Waals surface area contributed by atoms with Gasteiger partial charge in [-0.25, -0.2) is 9.78 Å². The quantitative estimate of drug-likeness (QED) is 0.476. The zero-order valence-electron chi connectivity index (χ0n) is 12.2. The largest absolute Gasteiger partial charge is 0.492 e. The summed E-state index contributed by atoms with van der Waals surface area (Å²) in [7, 11) is 0. The standard InChI is InChI=1S/C16H12I3N3O2/c17-7-1-4-11(20-5-7)21-16(23)22-14-8-6-24-15-10(19)3-2-9(18)13(15)12(8)14/h1-5,8,12,14H,6H2,(H2,20,21,22,23)/t8-,12-,14-/m1/s1. The van der Waals surface area contributed by atoms with Gasteiger partial charge in [0.05, 0.1) is 10.2 Å². The topological polar surface area (TPSA) is 63.2 Å². The number of amides is 2.